The van der Waals surface area contributed by atoms with Crippen molar-refractivity contribution in [1.82, 2.24) is 10.3 Å². The van der Waals surface area contributed by atoms with Crippen LogP contribution in [0.3, 0.4) is 0 Å². The Balaban J connectivity index is 2.11. The lowest BCUT2D eigenvalue weighted by molar-refractivity contribution is 0.276. The highest BCUT2D eigenvalue weighted by Gasteiger charge is 2.05. The Bertz CT molecular complexity index is 556. The Morgan fingerprint density at radius 2 is 2.05 bits per heavy atom. The number of hydrogen-bond acceptors (Lipinski definition) is 4. The molecule has 20 heavy (non-hydrogen) atoms. The topological polar surface area (TPSA) is 54.4 Å². The molecule has 2 N–H and O–H groups in total. The van der Waals surface area contributed by atoms with Crippen LogP contribution in [-0.4, -0.2) is 16.1 Å². The molecule has 106 valence electrons. The van der Waals surface area contributed by atoms with Crippen LogP contribution in [0.5, 0.6) is 11.5 Å². The fourth-order valence-corrected chi connectivity index (χ4v) is 1.80. The lowest BCUT2D eigenvalue weighted by Crippen LogP contribution is -2.21. The van der Waals surface area contributed by atoms with Crippen LogP contribution in [0.2, 0.25) is 0 Å². The largest absolute Gasteiger partial charge is 0.455 e. The van der Waals surface area contributed by atoms with Gasteiger partial charge in [-0.2, -0.15) is 0 Å². The molecule has 0 aliphatic rings. The Hall–Kier alpha value is -1.91. The van der Waals surface area contributed by atoms with Gasteiger partial charge in [0.15, 0.2) is 0 Å². The number of nitrogens with zero attached hydrogens (tertiary/aromatic N) is 1. The minimum Gasteiger partial charge on any atom is -0.455 e. The molecular formula is C16H20N2O2. The summed E-state index contributed by atoms with van der Waals surface area (Å²) in [5.41, 5.74) is 1.83. The van der Waals surface area contributed by atoms with Gasteiger partial charge in [0.1, 0.15) is 11.5 Å². The number of para-hydroxylation sites is 1. The van der Waals surface area contributed by atoms with Gasteiger partial charge in [-0.15, -0.1) is 0 Å². The van der Waals surface area contributed by atoms with Gasteiger partial charge in [-0.25, -0.2) is 0 Å². The van der Waals surface area contributed by atoms with Crippen LogP contribution >= 0.6 is 0 Å². The number of benzene rings is 1. The number of pyridine rings is 1. The summed E-state index contributed by atoms with van der Waals surface area (Å²) in [6.45, 7) is 4.91. The van der Waals surface area contributed by atoms with E-state index in [-0.39, 0.29) is 6.61 Å². The summed E-state index contributed by atoms with van der Waals surface area (Å²) >= 11 is 0. The molecule has 0 aliphatic heterocycles. The summed E-state index contributed by atoms with van der Waals surface area (Å²) < 4.78 is 5.80. The molecule has 0 fully saturated rings. The third kappa shape index (κ3) is 4.05. The zero-order valence-corrected chi connectivity index (χ0v) is 11.8. The average molecular weight is 272 g/mol. The summed E-state index contributed by atoms with van der Waals surface area (Å²) in [7, 11) is 0. The minimum absolute atomic E-state index is 0.0435. The average Bonchev–Trinajstić information content (AvgIpc) is 2.46. The standard InChI is InChI=1S/C16H20N2O2/c1-12(2)18-9-13-7-15(10-17-8-13)20-16-6-4-3-5-14(16)11-19/h3-8,10,12,18-19H,9,11H2,1-2H3. The van der Waals surface area contributed by atoms with Crippen molar-refractivity contribution in [3.05, 3.63) is 53.9 Å². The molecule has 2 rings (SSSR count). The van der Waals surface area contributed by atoms with E-state index in [0.717, 1.165) is 17.7 Å². The van der Waals surface area contributed by atoms with Crippen molar-refractivity contribution in [3.8, 4) is 11.5 Å². The molecule has 0 radical (unpaired) electrons. The lowest BCUT2D eigenvalue weighted by Gasteiger charge is -2.11. The normalized spacial score (nSPS) is 10.8. The third-order valence-corrected chi connectivity index (χ3v) is 2.85. The maximum absolute atomic E-state index is 9.29. The molecule has 2 aromatic rings. The van der Waals surface area contributed by atoms with E-state index in [1.54, 1.807) is 6.20 Å². The molecule has 0 atom stereocenters. The van der Waals surface area contributed by atoms with E-state index in [1.165, 1.54) is 0 Å². The summed E-state index contributed by atoms with van der Waals surface area (Å²) in [4.78, 5) is 4.19. The number of aromatic nitrogens is 1. The van der Waals surface area contributed by atoms with Crippen LogP contribution in [0.1, 0.15) is 25.0 Å². The molecule has 1 aromatic carbocycles. The SMILES string of the molecule is CC(C)NCc1cncc(Oc2ccccc2CO)c1. The zero-order chi connectivity index (χ0) is 14.4. The van der Waals surface area contributed by atoms with Crippen molar-refractivity contribution in [1.29, 1.82) is 0 Å². The minimum atomic E-state index is -0.0435. The van der Waals surface area contributed by atoms with Gasteiger partial charge in [0.2, 0.25) is 0 Å². The highest BCUT2D eigenvalue weighted by Crippen LogP contribution is 2.25. The highest BCUT2D eigenvalue weighted by molar-refractivity contribution is 5.37. The summed E-state index contributed by atoms with van der Waals surface area (Å²) in [5, 5.41) is 12.6. The Morgan fingerprint density at radius 3 is 2.80 bits per heavy atom. The molecule has 0 saturated heterocycles. The van der Waals surface area contributed by atoms with E-state index >= 15 is 0 Å². The Kier molecular flexibility index (Phi) is 5.09. The predicted molar refractivity (Wildman–Crippen MR) is 78.7 cm³/mol. The molecule has 0 unspecified atom stereocenters. The number of hydrogen-bond donors (Lipinski definition) is 2. The van der Waals surface area contributed by atoms with E-state index in [4.69, 9.17) is 4.74 Å². The zero-order valence-electron chi connectivity index (χ0n) is 11.8. The van der Waals surface area contributed by atoms with Crippen molar-refractivity contribution in [3.63, 3.8) is 0 Å². The fourth-order valence-electron chi connectivity index (χ4n) is 1.80. The predicted octanol–water partition coefficient (Wildman–Crippen LogP) is 2.86. The molecule has 4 heteroatoms. The van der Waals surface area contributed by atoms with E-state index in [2.05, 4.69) is 24.1 Å². The molecule has 1 aromatic heterocycles. The van der Waals surface area contributed by atoms with E-state index in [9.17, 15) is 5.11 Å². The van der Waals surface area contributed by atoms with Crippen molar-refractivity contribution < 1.29 is 9.84 Å². The third-order valence-electron chi connectivity index (χ3n) is 2.85. The van der Waals surface area contributed by atoms with Gasteiger partial charge in [-0.1, -0.05) is 32.0 Å². The van der Waals surface area contributed by atoms with Crippen molar-refractivity contribution in [2.45, 2.75) is 33.0 Å². The molecular weight excluding hydrogens is 252 g/mol. The summed E-state index contributed by atoms with van der Waals surface area (Å²) in [5.74, 6) is 1.33. The van der Waals surface area contributed by atoms with Gasteiger partial charge in [0.25, 0.3) is 0 Å². The van der Waals surface area contributed by atoms with Crippen molar-refractivity contribution in [2.24, 2.45) is 0 Å². The molecule has 4 nitrogen and oxygen atoms in total. The highest BCUT2D eigenvalue weighted by atomic mass is 16.5. The number of ether oxygens (including phenoxy) is 1. The second-order valence-corrected chi connectivity index (χ2v) is 4.93. The number of aliphatic hydroxyl groups is 1. The number of nitrogens with one attached hydrogen (secondary N) is 1. The van der Waals surface area contributed by atoms with E-state index in [0.29, 0.717) is 17.5 Å². The van der Waals surface area contributed by atoms with Crippen LogP contribution in [0.15, 0.2) is 42.7 Å². The second-order valence-electron chi connectivity index (χ2n) is 4.93. The molecule has 0 saturated carbocycles. The molecule has 0 bridgehead atoms. The van der Waals surface area contributed by atoms with E-state index in [1.807, 2.05) is 36.5 Å². The number of aliphatic hydroxyl groups excluding tert-OH is 1. The van der Waals surface area contributed by atoms with E-state index < -0.39 is 0 Å². The van der Waals surface area contributed by atoms with Crippen LogP contribution in [0.4, 0.5) is 0 Å². The second kappa shape index (κ2) is 7.03. The first kappa shape index (κ1) is 14.5. The van der Waals surface area contributed by atoms with Gasteiger partial charge in [-0.3, -0.25) is 4.98 Å². The lowest BCUT2D eigenvalue weighted by atomic mass is 10.2. The van der Waals surface area contributed by atoms with Crippen LogP contribution in [0.25, 0.3) is 0 Å². The van der Waals surface area contributed by atoms with Crippen molar-refractivity contribution in [2.75, 3.05) is 0 Å². The van der Waals surface area contributed by atoms with Gasteiger partial charge in [0, 0.05) is 24.3 Å². The first-order chi connectivity index (χ1) is 9.69. The number of rotatable bonds is 6. The van der Waals surface area contributed by atoms with Gasteiger partial charge >= 0.3 is 0 Å². The maximum atomic E-state index is 9.29. The molecule has 1 heterocycles. The monoisotopic (exact) mass is 272 g/mol. The summed E-state index contributed by atoms with van der Waals surface area (Å²) in [6, 6.07) is 9.81. The first-order valence-electron chi connectivity index (χ1n) is 6.73. The molecule has 0 spiro atoms. The van der Waals surface area contributed by atoms with Gasteiger partial charge < -0.3 is 15.2 Å². The Morgan fingerprint density at radius 1 is 1.25 bits per heavy atom. The Labute approximate surface area is 119 Å². The van der Waals surface area contributed by atoms with Crippen LogP contribution in [-0.2, 0) is 13.2 Å². The molecule has 0 amide bonds. The summed E-state index contributed by atoms with van der Waals surface area (Å²) in [6.07, 6.45) is 3.49. The quantitative estimate of drug-likeness (QED) is 0.849. The van der Waals surface area contributed by atoms with Crippen molar-refractivity contribution >= 4 is 0 Å². The van der Waals surface area contributed by atoms with Gasteiger partial charge in [0.05, 0.1) is 12.8 Å². The maximum Gasteiger partial charge on any atom is 0.146 e. The van der Waals surface area contributed by atoms with Crippen LogP contribution < -0.4 is 10.1 Å². The smallest absolute Gasteiger partial charge is 0.146 e. The van der Waals surface area contributed by atoms with Crippen LogP contribution in [0, 0.1) is 0 Å². The fraction of sp³-hybridized carbons (Fsp3) is 0.312. The first-order valence-corrected chi connectivity index (χ1v) is 6.73. The molecule has 0 aliphatic carbocycles. The van der Waals surface area contributed by atoms with Gasteiger partial charge in [-0.05, 0) is 17.7 Å².